The van der Waals surface area contributed by atoms with E-state index in [9.17, 15) is 0 Å². The van der Waals surface area contributed by atoms with E-state index in [1.54, 1.807) is 0 Å². The minimum atomic E-state index is 0.652. The Morgan fingerprint density at radius 1 is 1.27 bits per heavy atom. The predicted molar refractivity (Wildman–Crippen MR) is 62.0 cm³/mol. The summed E-state index contributed by atoms with van der Waals surface area (Å²) in [6, 6.07) is 6.94. The number of aromatic nitrogens is 2. The maximum Gasteiger partial charge on any atom is 0.0881 e. The Morgan fingerprint density at radius 2 is 2.13 bits per heavy atom. The first-order valence-electron chi connectivity index (χ1n) is 5.62. The highest BCUT2D eigenvalue weighted by Crippen LogP contribution is 2.26. The molecule has 3 nitrogen and oxygen atoms in total. The summed E-state index contributed by atoms with van der Waals surface area (Å²) in [5.41, 5.74) is 2.32. The third kappa shape index (κ3) is 1.58. The summed E-state index contributed by atoms with van der Waals surface area (Å²) in [5.74, 6) is 0. The molecule has 1 aromatic carbocycles. The van der Waals surface area contributed by atoms with Gasteiger partial charge < -0.3 is 5.32 Å². The van der Waals surface area contributed by atoms with Crippen molar-refractivity contribution >= 4 is 16.6 Å². The molecule has 0 saturated heterocycles. The lowest BCUT2D eigenvalue weighted by atomic mass is 10.2. The second kappa shape index (κ2) is 3.57. The largest absolute Gasteiger partial charge is 0.381 e. The van der Waals surface area contributed by atoms with Crippen LogP contribution >= 0.6 is 0 Å². The number of para-hydroxylation sites is 1. The van der Waals surface area contributed by atoms with Gasteiger partial charge in [0.25, 0.3) is 0 Å². The van der Waals surface area contributed by atoms with Gasteiger partial charge in [0.1, 0.15) is 0 Å². The minimum absolute atomic E-state index is 0.652. The maximum atomic E-state index is 4.07. The average molecular weight is 201 g/mol. The molecule has 1 aliphatic carbocycles. The van der Waals surface area contributed by atoms with Crippen molar-refractivity contribution in [3.8, 4) is 0 Å². The van der Waals surface area contributed by atoms with Gasteiger partial charge in [0, 0.05) is 11.4 Å². The molecule has 2 aromatic rings. The van der Waals surface area contributed by atoms with E-state index >= 15 is 0 Å². The zero-order valence-corrected chi connectivity index (χ0v) is 8.66. The molecule has 1 aliphatic rings. The molecule has 0 unspecified atom stereocenters. The third-order valence-corrected chi connectivity index (χ3v) is 3.19. The number of nitrogens with one attached hydrogen (secondary N) is 2. The molecule has 0 atom stereocenters. The summed E-state index contributed by atoms with van der Waals surface area (Å²) in [6.45, 7) is 0. The van der Waals surface area contributed by atoms with Crippen molar-refractivity contribution in [2.45, 2.75) is 31.7 Å². The summed E-state index contributed by atoms with van der Waals surface area (Å²) in [7, 11) is 0. The van der Waals surface area contributed by atoms with Crippen LogP contribution in [0.3, 0.4) is 0 Å². The second-order valence-corrected chi connectivity index (χ2v) is 4.27. The van der Waals surface area contributed by atoms with Gasteiger partial charge in [-0.3, -0.25) is 5.10 Å². The number of hydrogen-bond acceptors (Lipinski definition) is 2. The van der Waals surface area contributed by atoms with Crippen LogP contribution in [0.2, 0.25) is 0 Å². The molecular formula is C12H15N3. The number of rotatable bonds is 2. The van der Waals surface area contributed by atoms with E-state index in [4.69, 9.17) is 0 Å². The lowest BCUT2D eigenvalue weighted by molar-refractivity contribution is 0.756. The van der Waals surface area contributed by atoms with Gasteiger partial charge in [-0.05, 0) is 18.9 Å². The molecular weight excluding hydrogens is 186 g/mol. The molecule has 1 saturated carbocycles. The van der Waals surface area contributed by atoms with Crippen molar-refractivity contribution < 1.29 is 0 Å². The molecule has 1 fully saturated rings. The normalized spacial score (nSPS) is 17.3. The lowest BCUT2D eigenvalue weighted by Crippen LogP contribution is -2.14. The molecule has 0 spiro atoms. The Kier molecular flexibility index (Phi) is 2.09. The molecule has 78 valence electrons. The van der Waals surface area contributed by atoms with Gasteiger partial charge in [0.05, 0.1) is 17.4 Å². The van der Waals surface area contributed by atoms with Crippen molar-refractivity contribution in [3.05, 3.63) is 24.4 Å². The van der Waals surface area contributed by atoms with Crippen LogP contribution in [-0.4, -0.2) is 16.2 Å². The topological polar surface area (TPSA) is 40.7 Å². The SMILES string of the molecule is c1cc(NC2CCCC2)c2[nH]ncc2c1. The number of anilines is 1. The Labute approximate surface area is 88.9 Å². The number of hydrogen-bond donors (Lipinski definition) is 2. The highest BCUT2D eigenvalue weighted by Gasteiger charge is 2.15. The quantitative estimate of drug-likeness (QED) is 0.784. The predicted octanol–water partition coefficient (Wildman–Crippen LogP) is 2.92. The van der Waals surface area contributed by atoms with E-state index in [0.29, 0.717) is 6.04 Å². The molecule has 1 heterocycles. The first-order chi connectivity index (χ1) is 7.43. The first-order valence-corrected chi connectivity index (χ1v) is 5.62. The highest BCUT2D eigenvalue weighted by atomic mass is 15.1. The zero-order valence-electron chi connectivity index (χ0n) is 8.66. The molecule has 15 heavy (non-hydrogen) atoms. The van der Waals surface area contributed by atoms with Crippen LogP contribution in [0.1, 0.15) is 25.7 Å². The molecule has 3 heteroatoms. The van der Waals surface area contributed by atoms with Crippen LogP contribution in [0.25, 0.3) is 10.9 Å². The fourth-order valence-corrected chi connectivity index (χ4v) is 2.38. The zero-order chi connectivity index (χ0) is 10.1. The fraction of sp³-hybridized carbons (Fsp3) is 0.417. The van der Waals surface area contributed by atoms with Gasteiger partial charge in [-0.15, -0.1) is 0 Å². The van der Waals surface area contributed by atoms with Gasteiger partial charge in [-0.2, -0.15) is 5.10 Å². The summed E-state index contributed by atoms with van der Waals surface area (Å²) in [5, 5.41) is 11.9. The Morgan fingerprint density at radius 3 is 3.00 bits per heavy atom. The number of aromatic amines is 1. The average Bonchev–Trinajstić information content (AvgIpc) is 2.87. The van der Waals surface area contributed by atoms with Crippen molar-refractivity contribution in [2.75, 3.05) is 5.32 Å². The summed E-state index contributed by atoms with van der Waals surface area (Å²) in [6.07, 6.45) is 7.18. The van der Waals surface area contributed by atoms with Crippen molar-refractivity contribution in [2.24, 2.45) is 0 Å². The van der Waals surface area contributed by atoms with Gasteiger partial charge in [-0.25, -0.2) is 0 Å². The Hall–Kier alpha value is -1.51. The monoisotopic (exact) mass is 201 g/mol. The van der Waals surface area contributed by atoms with Crippen molar-refractivity contribution in [1.29, 1.82) is 0 Å². The third-order valence-electron chi connectivity index (χ3n) is 3.19. The van der Waals surface area contributed by atoms with Crippen LogP contribution < -0.4 is 5.32 Å². The standard InChI is InChI=1S/C12H15N3/c1-2-6-10(5-1)14-11-7-3-4-9-8-13-15-12(9)11/h3-4,7-8,10,14H,1-2,5-6H2,(H,13,15). The van der Waals surface area contributed by atoms with Gasteiger partial charge in [0.15, 0.2) is 0 Å². The van der Waals surface area contributed by atoms with Gasteiger partial charge in [0.2, 0.25) is 0 Å². The van der Waals surface area contributed by atoms with Gasteiger partial charge in [-0.1, -0.05) is 25.0 Å². The number of nitrogens with zero attached hydrogens (tertiary/aromatic N) is 1. The molecule has 0 aliphatic heterocycles. The van der Waals surface area contributed by atoms with Crippen LogP contribution in [0.5, 0.6) is 0 Å². The Balaban J connectivity index is 1.92. The molecule has 0 bridgehead atoms. The smallest absolute Gasteiger partial charge is 0.0881 e. The maximum absolute atomic E-state index is 4.07. The van der Waals surface area contributed by atoms with E-state index in [2.05, 4.69) is 33.7 Å². The molecule has 2 N–H and O–H groups in total. The highest BCUT2D eigenvalue weighted by molar-refractivity contribution is 5.89. The van der Waals surface area contributed by atoms with Crippen LogP contribution in [0, 0.1) is 0 Å². The second-order valence-electron chi connectivity index (χ2n) is 4.27. The molecule has 3 rings (SSSR count). The molecule has 1 aromatic heterocycles. The molecule has 0 radical (unpaired) electrons. The van der Waals surface area contributed by atoms with Gasteiger partial charge >= 0.3 is 0 Å². The Bertz CT molecular complexity index is 455. The minimum Gasteiger partial charge on any atom is -0.381 e. The summed E-state index contributed by atoms with van der Waals surface area (Å²) in [4.78, 5) is 0. The summed E-state index contributed by atoms with van der Waals surface area (Å²) < 4.78 is 0. The summed E-state index contributed by atoms with van der Waals surface area (Å²) >= 11 is 0. The van der Waals surface area contributed by atoms with Crippen LogP contribution in [-0.2, 0) is 0 Å². The fourth-order valence-electron chi connectivity index (χ4n) is 2.38. The van der Waals surface area contributed by atoms with E-state index < -0.39 is 0 Å². The van der Waals surface area contributed by atoms with Crippen LogP contribution in [0.4, 0.5) is 5.69 Å². The number of fused-ring (bicyclic) bond motifs is 1. The number of H-pyrrole nitrogens is 1. The lowest BCUT2D eigenvalue weighted by Gasteiger charge is -2.13. The van der Waals surface area contributed by atoms with Crippen molar-refractivity contribution in [3.63, 3.8) is 0 Å². The van der Waals surface area contributed by atoms with E-state index in [1.165, 1.54) is 36.8 Å². The first kappa shape index (κ1) is 8.77. The van der Waals surface area contributed by atoms with Crippen LogP contribution in [0.15, 0.2) is 24.4 Å². The van der Waals surface area contributed by atoms with Crippen molar-refractivity contribution in [1.82, 2.24) is 10.2 Å². The van der Waals surface area contributed by atoms with E-state index in [1.807, 2.05) is 6.20 Å². The van der Waals surface area contributed by atoms with E-state index in [0.717, 1.165) is 5.52 Å². The van der Waals surface area contributed by atoms with E-state index in [-0.39, 0.29) is 0 Å². The number of benzene rings is 1. The molecule has 0 amide bonds.